The molecule has 1 heterocycles. The van der Waals surface area contributed by atoms with E-state index in [-0.39, 0.29) is 25.9 Å². The summed E-state index contributed by atoms with van der Waals surface area (Å²) in [5.74, 6) is -1.12. The van der Waals surface area contributed by atoms with Crippen LogP contribution >= 0.6 is 0 Å². The fourth-order valence-electron chi connectivity index (χ4n) is 2.61. The highest BCUT2D eigenvalue weighted by Gasteiger charge is 2.35. The van der Waals surface area contributed by atoms with E-state index in [9.17, 15) is 26.4 Å². The molecule has 26 heavy (non-hydrogen) atoms. The van der Waals surface area contributed by atoms with Crippen LogP contribution in [0.1, 0.15) is 25.3 Å². The molecular formula is C16H17F3N2O4S. The third kappa shape index (κ3) is 4.53. The third-order valence-corrected chi connectivity index (χ3v) is 5.96. The fraction of sp³-hybridized carbons (Fsp3) is 0.500. The van der Waals surface area contributed by atoms with Gasteiger partial charge in [-0.1, -0.05) is 6.07 Å². The minimum atomic E-state index is -4.64. The van der Waals surface area contributed by atoms with Gasteiger partial charge in [0.2, 0.25) is 10.0 Å². The maximum atomic E-state index is 12.8. The van der Waals surface area contributed by atoms with Gasteiger partial charge in [-0.3, -0.25) is 4.79 Å². The Bertz CT molecular complexity index is 810. The minimum absolute atomic E-state index is 0.0146. The number of hydrogen-bond acceptors (Lipinski definition) is 5. The van der Waals surface area contributed by atoms with Crippen molar-refractivity contribution in [1.29, 1.82) is 5.26 Å². The van der Waals surface area contributed by atoms with E-state index in [0.29, 0.717) is 6.07 Å². The quantitative estimate of drug-likeness (QED) is 0.738. The van der Waals surface area contributed by atoms with E-state index in [1.807, 2.05) is 0 Å². The lowest BCUT2D eigenvalue weighted by Crippen LogP contribution is -2.41. The zero-order chi connectivity index (χ0) is 19.5. The summed E-state index contributed by atoms with van der Waals surface area (Å²) in [7, 11) is -4.09. The van der Waals surface area contributed by atoms with Gasteiger partial charge < -0.3 is 4.74 Å². The number of sulfonamides is 1. The van der Waals surface area contributed by atoms with Crippen LogP contribution in [0.25, 0.3) is 0 Å². The fourth-order valence-corrected chi connectivity index (χ4v) is 4.13. The highest BCUT2D eigenvalue weighted by atomic mass is 32.2. The number of carbonyl (C=O) groups is 1. The Morgan fingerprint density at radius 3 is 2.50 bits per heavy atom. The Morgan fingerprint density at radius 2 is 1.96 bits per heavy atom. The van der Waals surface area contributed by atoms with Crippen molar-refractivity contribution in [2.24, 2.45) is 5.92 Å². The first kappa shape index (κ1) is 20.2. The van der Waals surface area contributed by atoms with Gasteiger partial charge in [-0.25, -0.2) is 8.42 Å². The van der Waals surface area contributed by atoms with Gasteiger partial charge in [-0.15, -0.1) is 0 Å². The van der Waals surface area contributed by atoms with Crippen molar-refractivity contribution in [2.45, 2.75) is 36.9 Å². The second kappa shape index (κ2) is 7.63. The van der Waals surface area contributed by atoms with Crippen LogP contribution in [0.2, 0.25) is 0 Å². The predicted molar refractivity (Wildman–Crippen MR) is 84.1 cm³/mol. The summed E-state index contributed by atoms with van der Waals surface area (Å²) in [5.41, 5.74) is -1.04. The molecule has 1 aromatic carbocycles. The van der Waals surface area contributed by atoms with Crippen molar-refractivity contribution in [3.8, 4) is 6.07 Å². The number of esters is 1. The Hall–Kier alpha value is -2.12. The molecule has 0 unspecified atom stereocenters. The molecule has 0 radical (unpaired) electrons. The molecule has 0 bridgehead atoms. The molecule has 1 fully saturated rings. The summed E-state index contributed by atoms with van der Waals surface area (Å²) in [6.07, 6.45) is -5.18. The highest BCUT2D eigenvalue weighted by molar-refractivity contribution is 7.89. The van der Waals surface area contributed by atoms with E-state index in [1.165, 1.54) is 6.92 Å². The van der Waals surface area contributed by atoms with Crippen LogP contribution in [0, 0.1) is 17.2 Å². The van der Waals surface area contributed by atoms with E-state index >= 15 is 0 Å². The molecule has 0 saturated carbocycles. The average molecular weight is 390 g/mol. The molecular weight excluding hydrogens is 373 g/mol. The predicted octanol–water partition coefficient (Wildman–Crippen LogP) is 2.56. The molecule has 1 atom stereocenters. The van der Waals surface area contributed by atoms with Crippen molar-refractivity contribution >= 4 is 16.0 Å². The molecule has 0 amide bonds. The number of nitriles is 1. The average Bonchev–Trinajstić information content (AvgIpc) is 2.61. The number of piperidine rings is 1. The van der Waals surface area contributed by atoms with Crippen LogP contribution in [-0.4, -0.2) is 37.9 Å². The minimum Gasteiger partial charge on any atom is -0.447 e. The number of carbonyl (C=O) groups excluding carboxylic acids is 1. The molecule has 0 aromatic heterocycles. The van der Waals surface area contributed by atoms with E-state index in [4.69, 9.17) is 10.00 Å². The molecule has 1 saturated heterocycles. The van der Waals surface area contributed by atoms with Crippen LogP contribution in [0.15, 0.2) is 29.2 Å². The Kier molecular flexibility index (Phi) is 5.93. The largest absolute Gasteiger partial charge is 0.447 e. The number of halogens is 3. The molecule has 10 heteroatoms. The standard InChI is InChI=1S/C16H17F3N2O4S/c1-11(10-20)25-15(22)12-5-7-21(8-6-12)26(23,24)14-4-2-3-13(9-14)16(17,18)19/h2-4,9,11-12H,5-8H2,1H3/t11-/m0/s1. The van der Waals surface area contributed by atoms with E-state index in [1.54, 1.807) is 6.07 Å². The summed E-state index contributed by atoms with van der Waals surface area (Å²) in [4.78, 5) is 11.4. The smallest absolute Gasteiger partial charge is 0.416 e. The number of benzene rings is 1. The monoisotopic (exact) mass is 390 g/mol. The van der Waals surface area contributed by atoms with Gasteiger partial charge in [0, 0.05) is 13.1 Å². The molecule has 1 aromatic rings. The van der Waals surface area contributed by atoms with Gasteiger partial charge in [0.15, 0.2) is 6.10 Å². The van der Waals surface area contributed by atoms with Crippen LogP contribution < -0.4 is 0 Å². The van der Waals surface area contributed by atoms with Crippen molar-refractivity contribution in [3.63, 3.8) is 0 Å². The summed E-state index contributed by atoms with van der Waals surface area (Å²) in [5, 5.41) is 8.64. The van der Waals surface area contributed by atoms with Crippen LogP contribution in [-0.2, 0) is 25.7 Å². The second-order valence-electron chi connectivity index (χ2n) is 5.91. The van der Waals surface area contributed by atoms with Gasteiger partial charge in [-0.2, -0.15) is 22.7 Å². The molecule has 1 aliphatic rings. The number of nitrogens with zero attached hydrogens (tertiary/aromatic N) is 2. The molecule has 1 aliphatic heterocycles. The van der Waals surface area contributed by atoms with Crippen molar-refractivity contribution in [3.05, 3.63) is 29.8 Å². The second-order valence-corrected chi connectivity index (χ2v) is 7.85. The van der Waals surface area contributed by atoms with E-state index in [0.717, 1.165) is 22.5 Å². The molecule has 142 valence electrons. The van der Waals surface area contributed by atoms with Crippen molar-refractivity contribution < 1.29 is 31.1 Å². The first-order valence-corrected chi connectivity index (χ1v) is 9.27. The first-order valence-electron chi connectivity index (χ1n) is 7.83. The maximum absolute atomic E-state index is 12.8. The van der Waals surface area contributed by atoms with Crippen molar-refractivity contribution in [2.75, 3.05) is 13.1 Å². The number of hydrogen-bond donors (Lipinski definition) is 0. The third-order valence-electron chi connectivity index (χ3n) is 4.06. The van der Waals surface area contributed by atoms with Crippen molar-refractivity contribution in [1.82, 2.24) is 4.31 Å². The summed E-state index contributed by atoms with van der Waals surface area (Å²) >= 11 is 0. The maximum Gasteiger partial charge on any atom is 0.416 e. The summed E-state index contributed by atoms with van der Waals surface area (Å²) in [6.45, 7) is 1.39. The molecule has 0 aliphatic carbocycles. The Morgan fingerprint density at radius 1 is 1.35 bits per heavy atom. The normalized spacial score (nSPS) is 18.1. The SMILES string of the molecule is C[C@@H](C#N)OC(=O)C1CCN(S(=O)(=O)c2cccc(C(F)(F)F)c2)CC1. The number of rotatable bonds is 4. The van der Waals surface area contributed by atoms with Crippen LogP contribution in [0.3, 0.4) is 0 Å². The lowest BCUT2D eigenvalue weighted by atomic mass is 9.98. The molecule has 0 spiro atoms. The molecule has 6 nitrogen and oxygen atoms in total. The van der Waals surface area contributed by atoms with E-state index < -0.39 is 44.6 Å². The van der Waals surface area contributed by atoms with Crippen LogP contribution in [0.4, 0.5) is 13.2 Å². The lowest BCUT2D eigenvalue weighted by molar-refractivity contribution is -0.152. The summed E-state index contributed by atoms with van der Waals surface area (Å²) in [6, 6.07) is 5.33. The number of alkyl halides is 3. The van der Waals surface area contributed by atoms with Gasteiger partial charge >= 0.3 is 12.1 Å². The first-order chi connectivity index (χ1) is 12.1. The Balaban J connectivity index is 2.09. The zero-order valence-corrected chi connectivity index (χ0v) is 14.7. The van der Waals surface area contributed by atoms with Gasteiger partial charge in [-0.05, 0) is 38.0 Å². The van der Waals surface area contributed by atoms with Gasteiger partial charge in [0.1, 0.15) is 6.07 Å². The highest BCUT2D eigenvalue weighted by Crippen LogP contribution is 2.32. The topological polar surface area (TPSA) is 87.5 Å². The van der Waals surface area contributed by atoms with E-state index in [2.05, 4.69) is 0 Å². The zero-order valence-electron chi connectivity index (χ0n) is 13.9. The van der Waals surface area contributed by atoms with Gasteiger partial charge in [0.05, 0.1) is 16.4 Å². The van der Waals surface area contributed by atoms with Gasteiger partial charge in [0.25, 0.3) is 0 Å². The number of ether oxygens (including phenoxy) is 1. The Labute approximate surface area is 149 Å². The summed E-state index contributed by atoms with van der Waals surface area (Å²) < 4.78 is 69.5. The molecule has 0 N–H and O–H groups in total. The van der Waals surface area contributed by atoms with Crippen LogP contribution in [0.5, 0.6) is 0 Å². The molecule has 2 rings (SSSR count). The lowest BCUT2D eigenvalue weighted by Gasteiger charge is -2.30.